The van der Waals surface area contributed by atoms with E-state index >= 15 is 0 Å². The molecule has 6 heteroatoms. The van der Waals surface area contributed by atoms with Gasteiger partial charge in [-0.2, -0.15) is 5.26 Å². The van der Waals surface area contributed by atoms with Crippen molar-refractivity contribution in [3.63, 3.8) is 0 Å². The van der Waals surface area contributed by atoms with E-state index in [0.29, 0.717) is 11.3 Å². The number of aromatic nitrogens is 2. The number of amides is 1. The second kappa shape index (κ2) is 8.40. The van der Waals surface area contributed by atoms with Crippen LogP contribution in [0.25, 0.3) is 32.9 Å². The molecule has 0 saturated carbocycles. The van der Waals surface area contributed by atoms with E-state index in [1.54, 1.807) is 18.3 Å². The van der Waals surface area contributed by atoms with Gasteiger partial charge in [-0.3, -0.25) is 14.8 Å². The summed E-state index contributed by atoms with van der Waals surface area (Å²) in [6.07, 6.45) is 3.51. The number of carbonyl (C=O) groups excluding carboxylic acids is 1. The van der Waals surface area contributed by atoms with Crippen LogP contribution in [0.5, 0.6) is 0 Å². The minimum atomic E-state index is -0.186. The number of fused-ring (bicyclic) bond motifs is 2. The molecule has 5 aromatic rings. The lowest BCUT2D eigenvalue weighted by atomic mass is 10.0. The molecule has 0 atom stereocenters. The highest BCUT2D eigenvalue weighted by atomic mass is 16.1. The zero-order chi connectivity index (χ0) is 22.8. The van der Waals surface area contributed by atoms with E-state index in [9.17, 15) is 4.79 Å². The first-order chi connectivity index (χ1) is 16.1. The van der Waals surface area contributed by atoms with Gasteiger partial charge in [0, 0.05) is 35.1 Å². The topological polar surface area (TPSA) is 90.7 Å². The third kappa shape index (κ3) is 4.08. The largest absolute Gasteiger partial charge is 0.353 e. The second-order valence-electron chi connectivity index (χ2n) is 7.69. The van der Waals surface area contributed by atoms with Gasteiger partial charge in [-0.15, -0.1) is 0 Å². The van der Waals surface area contributed by atoms with Crippen LogP contribution < -0.4 is 10.6 Å². The van der Waals surface area contributed by atoms with E-state index in [1.807, 2.05) is 60.8 Å². The van der Waals surface area contributed by atoms with E-state index < -0.39 is 0 Å². The van der Waals surface area contributed by atoms with Crippen molar-refractivity contribution in [2.75, 3.05) is 10.6 Å². The van der Waals surface area contributed by atoms with Crippen LogP contribution >= 0.6 is 0 Å². The summed E-state index contributed by atoms with van der Waals surface area (Å²) in [7, 11) is 0. The number of benzene rings is 3. The molecule has 158 valence electrons. The fraction of sp³-hybridized carbons (Fsp3) is 0.0370. The minimum Gasteiger partial charge on any atom is -0.353 e. The third-order valence-corrected chi connectivity index (χ3v) is 5.39. The van der Waals surface area contributed by atoms with Gasteiger partial charge < -0.3 is 10.6 Å². The molecule has 2 aromatic heterocycles. The molecule has 6 nitrogen and oxygen atoms in total. The number of nitrogens with zero attached hydrogens (tertiary/aromatic N) is 3. The van der Waals surface area contributed by atoms with Crippen molar-refractivity contribution in [2.24, 2.45) is 0 Å². The third-order valence-electron chi connectivity index (χ3n) is 5.39. The predicted molar refractivity (Wildman–Crippen MR) is 131 cm³/mol. The second-order valence-corrected chi connectivity index (χ2v) is 7.69. The van der Waals surface area contributed by atoms with Gasteiger partial charge in [0.2, 0.25) is 5.91 Å². The number of nitriles is 1. The molecule has 0 aliphatic rings. The zero-order valence-electron chi connectivity index (χ0n) is 17.8. The van der Waals surface area contributed by atoms with Gasteiger partial charge in [0.25, 0.3) is 0 Å². The Morgan fingerprint density at radius 2 is 1.67 bits per heavy atom. The summed E-state index contributed by atoms with van der Waals surface area (Å²) < 4.78 is 0. The number of carbonyl (C=O) groups is 1. The van der Waals surface area contributed by atoms with Crippen molar-refractivity contribution < 1.29 is 4.79 Å². The Balaban J connectivity index is 1.65. The first kappa shape index (κ1) is 20.2. The number of rotatable bonds is 4. The summed E-state index contributed by atoms with van der Waals surface area (Å²) in [4.78, 5) is 21.0. The maximum Gasteiger partial charge on any atom is 0.221 e. The maximum absolute atomic E-state index is 11.8. The molecule has 0 bridgehead atoms. The van der Waals surface area contributed by atoms with Crippen molar-refractivity contribution in [3.05, 3.63) is 90.8 Å². The molecule has 0 unspecified atom stereocenters. The van der Waals surface area contributed by atoms with Crippen LogP contribution in [0.1, 0.15) is 12.5 Å². The van der Waals surface area contributed by atoms with Gasteiger partial charge in [0.1, 0.15) is 0 Å². The quantitative estimate of drug-likeness (QED) is 0.364. The summed E-state index contributed by atoms with van der Waals surface area (Å²) in [5.74, 6) is -0.186. The minimum absolute atomic E-state index is 0.186. The lowest BCUT2D eigenvalue weighted by Crippen LogP contribution is -2.09. The highest BCUT2D eigenvalue weighted by Crippen LogP contribution is 2.35. The Morgan fingerprint density at radius 3 is 2.45 bits per heavy atom. The number of hydrogen-bond acceptors (Lipinski definition) is 5. The number of nitrogens with one attached hydrogen (secondary N) is 2. The van der Waals surface area contributed by atoms with E-state index in [4.69, 9.17) is 5.26 Å². The fourth-order valence-corrected chi connectivity index (χ4v) is 3.79. The van der Waals surface area contributed by atoms with Crippen molar-refractivity contribution in [1.29, 1.82) is 5.26 Å². The Hall–Kier alpha value is -4.76. The maximum atomic E-state index is 11.8. The first-order valence-corrected chi connectivity index (χ1v) is 10.4. The van der Waals surface area contributed by atoms with Gasteiger partial charge in [-0.25, -0.2) is 0 Å². The number of anilines is 3. The van der Waals surface area contributed by atoms with Crippen molar-refractivity contribution in [1.82, 2.24) is 9.97 Å². The number of hydrogen-bond donors (Lipinski definition) is 2. The molecule has 0 radical (unpaired) electrons. The van der Waals surface area contributed by atoms with E-state index in [0.717, 1.165) is 44.3 Å². The molecule has 0 aliphatic carbocycles. The van der Waals surface area contributed by atoms with Crippen LogP contribution in [-0.4, -0.2) is 15.9 Å². The summed E-state index contributed by atoms with van der Waals surface area (Å²) >= 11 is 0. The molecule has 0 spiro atoms. The molecule has 2 heterocycles. The fourth-order valence-electron chi connectivity index (χ4n) is 3.79. The van der Waals surface area contributed by atoms with Crippen molar-refractivity contribution >= 4 is 44.8 Å². The smallest absolute Gasteiger partial charge is 0.221 e. The number of pyridine rings is 2. The SMILES string of the molecule is CC(=O)Nc1cnc2ccc(-c3cnc4ccccc4c3)cc2c1Nc1ccc(C#N)cc1. The van der Waals surface area contributed by atoms with E-state index in [2.05, 4.69) is 32.7 Å². The van der Waals surface area contributed by atoms with Gasteiger partial charge >= 0.3 is 0 Å². The van der Waals surface area contributed by atoms with Gasteiger partial charge in [-0.1, -0.05) is 24.3 Å². The molecule has 1 amide bonds. The monoisotopic (exact) mass is 429 g/mol. The standard InChI is InChI=1S/C27H19N5O/c1-17(33)31-26-16-30-25-11-8-19(21-12-20-4-2-3-5-24(20)29-15-21)13-23(25)27(26)32-22-9-6-18(14-28)7-10-22/h2-13,15-16H,1H3,(H,30,32)(H,31,33). The Bertz CT molecular complexity index is 1550. The normalized spacial score (nSPS) is 10.7. The molecule has 33 heavy (non-hydrogen) atoms. The Kier molecular flexibility index (Phi) is 5.13. The van der Waals surface area contributed by atoms with Crippen LogP contribution in [0.4, 0.5) is 17.1 Å². The predicted octanol–water partition coefficient (Wildman–Crippen LogP) is 6.02. The van der Waals surface area contributed by atoms with Crippen LogP contribution in [-0.2, 0) is 4.79 Å². The van der Waals surface area contributed by atoms with Crippen molar-refractivity contribution in [3.8, 4) is 17.2 Å². The average Bonchev–Trinajstić information content (AvgIpc) is 2.85. The van der Waals surface area contributed by atoms with Crippen LogP contribution in [0.3, 0.4) is 0 Å². The molecule has 0 aliphatic heterocycles. The van der Waals surface area contributed by atoms with Gasteiger partial charge in [0.15, 0.2) is 0 Å². The first-order valence-electron chi connectivity index (χ1n) is 10.4. The van der Waals surface area contributed by atoms with E-state index in [1.165, 1.54) is 6.92 Å². The zero-order valence-corrected chi connectivity index (χ0v) is 17.8. The van der Waals surface area contributed by atoms with Gasteiger partial charge in [-0.05, 0) is 54.1 Å². The molecule has 0 fully saturated rings. The average molecular weight is 429 g/mol. The van der Waals surface area contributed by atoms with Crippen LogP contribution in [0, 0.1) is 11.3 Å². The molecular formula is C27H19N5O. The summed E-state index contributed by atoms with van der Waals surface area (Å²) in [5, 5.41) is 17.3. The van der Waals surface area contributed by atoms with Crippen molar-refractivity contribution in [2.45, 2.75) is 6.92 Å². The Morgan fingerprint density at radius 1 is 0.879 bits per heavy atom. The lowest BCUT2D eigenvalue weighted by Gasteiger charge is -2.16. The molecule has 0 saturated heterocycles. The highest BCUT2D eigenvalue weighted by molar-refractivity contribution is 6.05. The highest BCUT2D eigenvalue weighted by Gasteiger charge is 2.13. The molecule has 2 N–H and O–H groups in total. The molecular weight excluding hydrogens is 410 g/mol. The Labute approximate surface area is 190 Å². The summed E-state index contributed by atoms with van der Waals surface area (Å²) in [6.45, 7) is 1.47. The summed E-state index contributed by atoms with van der Waals surface area (Å²) in [6, 6.07) is 25.4. The number of para-hydroxylation sites is 1. The summed E-state index contributed by atoms with van der Waals surface area (Å²) in [5.41, 5.74) is 6.40. The molecule has 3 aromatic carbocycles. The lowest BCUT2D eigenvalue weighted by molar-refractivity contribution is -0.114. The van der Waals surface area contributed by atoms with Crippen LogP contribution in [0.15, 0.2) is 85.2 Å². The molecule has 5 rings (SSSR count). The van der Waals surface area contributed by atoms with Crippen LogP contribution in [0.2, 0.25) is 0 Å². The van der Waals surface area contributed by atoms with Gasteiger partial charge in [0.05, 0.1) is 40.2 Å². The van der Waals surface area contributed by atoms with E-state index in [-0.39, 0.29) is 5.91 Å².